The topological polar surface area (TPSA) is 20.3 Å². The Morgan fingerprint density at radius 3 is 2.38 bits per heavy atom. The predicted molar refractivity (Wildman–Crippen MR) is 78.5 cm³/mol. The number of hydrogen-bond acceptors (Lipinski definition) is 1. The van der Waals surface area contributed by atoms with Crippen LogP contribution in [0.15, 0.2) is 30.5 Å². The Balaban J connectivity index is 2.06. The van der Waals surface area contributed by atoms with E-state index in [1.165, 1.54) is 18.2 Å². The van der Waals surface area contributed by atoms with Crippen LogP contribution < -0.4 is 0 Å². The average Bonchev–Trinajstić information content (AvgIpc) is 2.42. The number of amides is 1. The van der Waals surface area contributed by atoms with Gasteiger partial charge in [-0.15, -0.1) is 0 Å². The summed E-state index contributed by atoms with van der Waals surface area (Å²) in [4.78, 5) is 13.7. The quantitative estimate of drug-likeness (QED) is 0.809. The minimum Gasteiger partial charge on any atom is -0.319 e. The molecule has 21 heavy (non-hydrogen) atoms. The third-order valence-electron chi connectivity index (χ3n) is 4.00. The lowest BCUT2D eigenvalue weighted by Gasteiger charge is -2.34. The van der Waals surface area contributed by atoms with Gasteiger partial charge < -0.3 is 4.90 Å². The van der Waals surface area contributed by atoms with Crippen LogP contribution in [0.4, 0.5) is 8.78 Å². The molecule has 0 aromatic heterocycles. The van der Waals surface area contributed by atoms with E-state index in [1.54, 1.807) is 11.1 Å². The number of hydrogen-bond donors (Lipinski definition) is 0. The number of benzene rings is 1. The summed E-state index contributed by atoms with van der Waals surface area (Å²) < 4.78 is 27.1. The molecule has 0 spiro atoms. The van der Waals surface area contributed by atoms with Gasteiger partial charge in [0, 0.05) is 18.3 Å². The van der Waals surface area contributed by atoms with Crippen LogP contribution in [0.3, 0.4) is 0 Å². The Bertz CT molecular complexity index is 540. The highest BCUT2D eigenvalue weighted by atomic mass is 19.1. The molecule has 0 bridgehead atoms. The molecule has 2 nitrogen and oxygen atoms in total. The molecule has 1 unspecified atom stereocenters. The van der Waals surface area contributed by atoms with Gasteiger partial charge in [-0.05, 0) is 29.9 Å². The first-order valence-corrected chi connectivity index (χ1v) is 7.19. The maximum atomic E-state index is 13.6. The molecule has 0 N–H and O–H groups in total. The van der Waals surface area contributed by atoms with Crippen molar-refractivity contribution in [3.8, 4) is 0 Å². The molecule has 114 valence electrons. The third kappa shape index (κ3) is 3.69. The van der Waals surface area contributed by atoms with E-state index in [0.717, 1.165) is 6.42 Å². The van der Waals surface area contributed by atoms with Crippen LogP contribution in [-0.2, 0) is 11.2 Å². The van der Waals surface area contributed by atoms with Crippen molar-refractivity contribution >= 4 is 5.91 Å². The first kappa shape index (κ1) is 15.7. The first-order chi connectivity index (χ1) is 9.79. The van der Waals surface area contributed by atoms with Gasteiger partial charge in [-0.3, -0.25) is 4.79 Å². The molecule has 1 atom stereocenters. The second-order valence-electron chi connectivity index (χ2n) is 6.57. The Hall–Kier alpha value is -1.71. The standard InChI is InChI=1S/C17H21F2NO/c1-17(2,3)12-7-9-20(10-8-12)16(21)11-13-14(18)5-4-6-15(13)19/h4-7,9,12H,8,10-11H2,1-3H3. The number of rotatable bonds is 2. The Morgan fingerprint density at radius 2 is 1.90 bits per heavy atom. The minimum absolute atomic E-state index is 0.156. The third-order valence-corrected chi connectivity index (χ3v) is 4.00. The van der Waals surface area contributed by atoms with Gasteiger partial charge in [0.1, 0.15) is 11.6 Å². The SMILES string of the molecule is CC(C)(C)C1C=CN(C(=O)Cc2c(F)cccc2F)CC1. The summed E-state index contributed by atoms with van der Waals surface area (Å²) in [6.45, 7) is 7.07. The van der Waals surface area contributed by atoms with Gasteiger partial charge in [0.15, 0.2) is 0 Å². The molecule has 1 aromatic rings. The normalized spacial score (nSPS) is 18.9. The van der Waals surface area contributed by atoms with Crippen LogP contribution in [0.25, 0.3) is 0 Å². The van der Waals surface area contributed by atoms with Gasteiger partial charge >= 0.3 is 0 Å². The summed E-state index contributed by atoms with van der Waals surface area (Å²) in [6, 6.07) is 3.65. The van der Waals surface area contributed by atoms with Crippen molar-refractivity contribution in [2.45, 2.75) is 33.6 Å². The number of carbonyl (C=O) groups is 1. The summed E-state index contributed by atoms with van der Waals surface area (Å²) in [5.74, 6) is -1.21. The monoisotopic (exact) mass is 293 g/mol. The van der Waals surface area contributed by atoms with Crippen molar-refractivity contribution in [1.82, 2.24) is 4.90 Å². The van der Waals surface area contributed by atoms with Crippen molar-refractivity contribution in [2.75, 3.05) is 6.54 Å². The van der Waals surface area contributed by atoms with Gasteiger partial charge in [0.05, 0.1) is 6.42 Å². The summed E-state index contributed by atoms with van der Waals surface area (Å²) in [7, 11) is 0. The molecule has 0 radical (unpaired) electrons. The van der Waals surface area contributed by atoms with Gasteiger partial charge in [-0.1, -0.05) is 32.9 Å². The van der Waals surface area contributed by atoms with Crippen LogP contribution in [0.2, 0.25) is 0 Å². The second kappa shape index (κ2) is 5.96. The minimum atomic E-state index is -0.670. The maximum Gasteiger partial charge on any atom is 0.231 e. The van der Waals surface area contributed by atoms with Crippen molar-refractivity contribution in [3.63, 3.8) is 0 Å². The fraction of sp³-hybridized carbons (Fsp3) is 0.471. The van der Waals surface area contributed by atoms with E-state index in [1.807, 2.05) is 6.08 Å². The Labute approximate surface area is 124 Å². The fourth-order valence-corrected chi connectivity index (χ4v) is 2.54. The molecule has 2 rings (SSSR count). The van der Waals surface area contributed by atoms with Crippen LogP contribution >= 0.6 is 0 Å². The van der Waals surface area contributed by atoms with Crippen LogP contribution in [-0.4, -0.2) is 17.4 Å². The van der Waals surface area contributed by atoms with E-state index < -0.39 is 11.6 Å². The highest BCUT2D eigenvalue weighted by Crippen LogP contribution is 2.32. The van der Waals surface area contributed by atoms with Gasteiger partial charge in [0.25, 0.3) is 0 Å². The van der Waals surface area contributed by atoms with Crippen LogP contribution in [0.1, 0.15) is 32.8 Å². The lowest BCUT2D eigenvalue weighted by molar-refractivity contribution is -0.128. The van der Waals surface area contributed by atoms with Crippen LogP contribution in [0.5, 0.6) is 0 Å². The number of halogens is 2. The zero-order chi connectivity index (χ0) is 15.6. The molecule has 0 fully saturated rings. The maximum absolute atomic E-state index is 13.6. The molecule has 1 amide bonds. The molecule has 4 heteroatoms. The average molecular weight is 293 g/mol. The fourth-order valence-electron chi connectivity index (χ4n) is 2.54. The van der Waals surface area contributed by atoms with E-state index in [0.29, 0.717) is 12.5 Å². The second-order valence-corrected chi connectivity index (χ2v) is 6.57. The van der Waals surface area contributed by atoms with Crippen molar-refractivity contribution in [1.29, 1.82) is 0 Å². The highest BCUT2D eigenvalue weighted by molar-refractivity contribution is 5.80. The summed E-state index contributed by atoms with van der Waals surface area (Å²) in [6.07, 6.45) is 4.38. The van der Waals surface area contributed by atoms with E-state index in [2.05, 4.69) is 20.8 Å². The van der Waals surface area contributed by atoms with Crippen molar-refractivity contribution < 1.29 is 13.6 Å². The van der Waals surface area contributed by atoms with Gasteiger partial charge in [-0.25, -0.2) is 8.78 Å². The highest BCUT2D eigenvalue weighted by Gasteiger charge is 2.27. The van der Waals surface area contributed by atoms with Crippen molar-refractivity contribution in [2.24, 2.45) is 11.3 Å². The number of carbonyl (C=O) groups excluding carboxylic acids is 1. The van der Waals surface area contributed by atoms with E-state index in [9.17, 15) is 13.6 Å². The molecule has 1 heterocycles. The van der Waals surface area contributed by atoms with Crippen molar-refractivity contribution in [3.05, 3.63) is 47.7 Å². The van der Waals surface area contributed by atoms with Crippen LogP contribution in [0, 0.1) is 23.0 Å². The first-order valence-electron chi connectivity index (χ1n) is 7.19. The molecule has 0 saturated carbocycles. The smallest absolute Gasteiger partial charge is 0.231 e. The molecule has 0 saturated heterocycles. The van der Waals surface area contributed by atoms with E-state index in [-0.39, 0.29) is 23.3 Å². The summed E-state index contributed by atoms with van der Waals surface area (Å²) >= 11 is 0. The predicted octanol–water partition coefficient (Wildman–Crippen LogP) is 3.92. The van der Waals surface area contributed by atoms with Gasteiger partial charge in [-0.2, -0.15) is 0 Å². The zero-order valence-corrected chi connectivity index (χ0v) is 12.7. The molecule has 1 aliphatic rings. The van der Waals surface area contributed by atoms with E-state index >= 15 is 0 Å². The summed E-state index contributed by atoms with van der Waals surface area (Å²) in [5.41, 5.74) is -0.00244. The lowest BCUT2D eigenvalue weighted by atomic mass is 9.78. The number of nitrogens with zero attached hydrogens (tertiary/aromatic N) is 1. The Kier molecular flexibility index (Phi) is 4.45. The molecule has 0 aliphatic carbocycles. The molecular weight excluding hydrogens is 272 g/mol. The molecule has 1 aromatic carbocycles. The molecular formula is C17H21F2NO. The zero-order valence-electron chi connectivity index (χ0n) is 12.7. The van der Waals surface area contributed by atoms with Gasteiger partial charge in [0.2, 0.25) is 5.91 Å². The largest absolute Gasteiger partial charge is 0.319 e. The Morgan fingerprint density at radius 1 is 1.29 bits per heavy atom. The number of allylic oxidation sites excluding steroid dienone is 1. The lowest BCUT2D eigenvalue weighted by Crippen LogP contribution is -2.35. The summed E-state index contributed by atoms with van der Waals surface area (Å²) in [5, 5.41) is 0. The molecule has 1 aliphatic heterocycles. The van der Waals surface area contributed by atoms with E-state index in [4.69, 9.17) is 0 Å².